The SMILES string of the molecule is O=C(O)c1sccc1NC(=O)C1Cc2ccccc2C1. The maximum Gasteiger partial charge on any atom is 0.348 e. The number of hydrogen-bond donors (Lipinski definition) is 2. The Kier molecular flexibility index (Phi) is 3.28. The van der Waals surface area contributed by atoms with Crippen LogP contribution < -0.4 is 5.32 Å². The topological polar surface area (TPSA) is 66.4 Å². The highest BCUT2D eigenvalue weighted by Gasteiger charge is 2.28. The van der Waals surface area contributed by atoms with Gasteiger partial charge in [-0.15, -0.1) is 11.3 Å². The summed E-state index contributed by atoms with van der Waals surface area (Å²) in [7, 11) is 0. The Morgan fingerprint density at radius 3 is 2.40 bits per heavy atom. The molecule has 102 valence electrons. The minimum Gasteiger partial charge on any atom is -0.477 e. The first-order valence-corrected chi connectivity index (χ1v) is 7.21. The van der Waals surface area contributed by atoms with Crippen molar-refractivity contribution in [3.63, 3.8) is 0 Å². The maximum atomic E-state index is 12.3. The number of hydrogen-bond acceptors (Lipinski definition) is 3. The number of anilines is 1. The summed E-state index contributed by atoms with van der Waals surface area (Å²) < 4.78 is 0. The predicted octanol–water partition coefficient (Wildman–Crippen LogP) is 2.80. The second-order valence-electron chi connectivity index (χ2n) is 4.83. The molecule has 0 saturated carbocycles. The van der Waals surface area contributed by atoms with Crippen molar-refractivity contribution in [3.8, 4) is 0 Å². The number of carboxylic acid groups (broad SMARTS) is 1. The van der Waals surface area contributed by atoms with Gasteiger partial charge in [-0.1, -0.05) is 24.3 Å². The molecule has 3 rings (SSSR count). The summed E-state index contributed by atoms with van der Waals surface area (Å²) in [6.45, 7) is 0. The molecule has 0 saturated heterocycles. The van der Waals surface area contributed by atoms with Crippen LogP contribution in [0.1, 0.15) is 20.8 Å². The summed E-state index contributed by atoms with van der Waals surface area (Å²) in [4.78, 5) is 23.5. The van der Waals surface area contributed by atoms with Crippen LogP contribution in [0.2, 0.25) is 0 Å². The third-order valence-corrected chi connectivity index (χ3v) is 4.44. The molecular weight excluding hydrogens is 274 g/mol. The van der Waals surface area contributed by atoms with Gasteiger partial charge in [0.05, 0.1) is 5.69 Å². The summed E-state index contributed by atoms with van der Waals surface area (Å²) in [5, 5.41) is 13.4. The van der Waals surface area contributed by atoms with Gasteiger partial charge in [0.25, 0.3) is 0 Å². The molecule has 1 aromatic carbocycles. The number of benzene rings is 1. The van der Waals surface area contributed by atoms with E-state index in [1.165, 1.54) is 11.1 Å². The first-order valence-electron chi connectivity index (χ1n) is 6.33. The minimum atomic E-state index is -1.01. The standard InChI is InChI=1S/C15H13NO3S/c17-14(16-12-5-6-20-13(12)15(18)19)11-7-9-3-1-2-4-10(9)8-11/h1-6,11H,7-8H2,(H,16,17)(H,18,19). The van der Waals surface area contributed by atoms with E-state index in [0.717, 1.165) is 11.3 Å². The lowest BCUT2D eigenvalue weighted by molar-refractivity contribution is -0.119. The summed E-state index contributed by atoms with van der Waals surface area (Å²) in [5.74, 6) is -1.24. The van der Waals surface area contributed by atoms with Crippen LogP contribution in [0.25, 0.3) is 0 Å². The quantitative estimate of drug-likeness (QED) is 0.912. The first-order chi connectivity index (χ1) is 9.65. The zero-order chi connectivity index (χ0) is 14.1. The van der Waals surface area contributed by atoms with Gasteiger partial charge in [0.1, 0.15) is 4.88 Å². The number of nitrogens with one attached hydrogen (secondary N) is 1. The van der Waals surface area contributed by atoms with Gasteiger partial charge in [-0.2, -0.15) is 0 Å². The maximum absolute atomic E-state index is 12.3. The Hall–Kier alpha value is -2.14. The number of carbonyl (C=O) groups excluding carboxylic acids is 1. The molecule has 1 aromatic heterocycles. The molecule has 1 aliphatic carbocycles. The molecule has 4 nitrogen and oxygen atoms in total. The molecule has 0 atom stereocenters. The highest BCUT2D eigenvalue weighted by atomic mass is 32.1. The monoisotopic (exact) mass is 287 g/mol. The zero-order valence-electron chi connectivity index (χ0n) is 10.6. The predicted molar refractivity (Wildman–Crippen MR) is 77.2 cm³/mol. The molecule has 2 N–H and O–H groups in total. The molecule has 1 heterocycles. The summed E-state index contributed by atoms with van der Waals surface area (Å²) >= 11 is 1.12. The molecule has 0 bridgehead atoms. The lowest BCUT2D eigenvalue weighted by atomic mass is 10.1. The highest BCUT2D eigenvalue weighted by molar-refractivity contribution is 7.12. The van der Waals surface area contributed by atoms with E-state index in [2.05, 4.69) is 5.32 Å². The van der Waals surface area contributed by atoms with Gasteiger partial charge in [0.15, 0.2) is 0 Å². The molecule has 20 heavy (non-hydrogen) atoms. The van der Waals surface area contributed by atoms with Crippen LogP contribution in [0, 0.1) is 5.92 Å². The second kappa shape index (κ2) is 5.09. The van der Waals surface area contributed by atoms with E-state index in [4.69, 9.17) is 5.11 Å². The van der Waals surface area contributed by atoms with Gasteiger partial charge >= 0.3 is 5.97 Å². The van der Waals surface area contributed by atoms with Crippen LogP contribution in [-0.2, 0) is 17.6 Å². The number of carboxylic acids is 1. The Morgan fingerprint density at radius 1 is 1.15 bits per heavy atom. The first kappa shape index (κ1) is 12.9. The lowest BCUT2D eigenvalue weighted by Crippen LogP contribution is -2.23. The lowest BCUT2D eigenvalue weighted by Gasteiger charge is -2.09. The molecule has 0 spiro atoms. The van der Waals surface area contributed by atoms with E-state index in [1.54, 1.807) is 11.4 Å². The van der Waals surface area contributed by atoms with E-state index in [0.29, 0.717) is 18.5 Å². The molecule has 2 aromatic rings. The van der Waals surface area contributed by atoms with Crippen molar-refractivity contribution in [2.75, 3.05) is 5.32 Å². The Labute approximate surface area is 120 Å². The summed E-state index contributed by atoms with van der Waals surface area (Å²) in [5.41, 5.74) is 2.80. The van der Waals surface area contributed by atoms with Crippen molar-refractivity contribution in [3.05, 3.63) is 51.7 Å². The third-order valence-electron chi connectivity index (χ3n) is 3.54. The van der Waals surface area contributed by atoms with Crippen LogP contribution in [0.5, 0.6) is 0 Å². The van der Waals surface area contributed by atoms with Crippen molar-refractivity contribution >= 4 is 28.9 Å². The van der Waals surface area contributed by atoms with Crippen molar-refractivity contribution in [2.24, 2.45) is 5.92 Å². The van der Waals surface area contributed by atoms with Crippen LogP contribution in [0.15, 0.2) is 35.7 Å². The zero-order valence-corrected chi connectivity index (χ0v) is 11.4. The average molecular weight is 287 g/mol. The Morgan fingerprint density at radius 2 is 1.80 bits per heavy atom. The van der Waals surface area contributed by atoms with E-state index in [-0.39, 0.29) is 16.7 Å². The highest BCUT2D eigenvalue weighted by Crippen LogP contribution is 2.29. The number of amides is 1. The fraction of sp³-hybridized carbons (Fsp3) is 0.200. The van der Waals surface area contributed by atoms with Crippen molar-refractivity contribution in [2.45, 2.75) is 12.8 Å². The van der Waals surface area contributed by atoms with Crippen LogP contribution in [0.4, 0.5) is 5.69 Å². The number of carbonyl (C=O) groups is 2. The third kappa shape index (κ3) is 2.32. The smallest absolute Gasteiger partial charge is 0.348 e. The number of thiophene rings is 1. The van der Waals surface area contributed by atoms with E-state index in [9.17, 15) is 9.59 Å². The fourth-order valence-corrected chi connectivity index (χ4v) is 3.24. The molecule has 0 unspecified atom stereocenters. The molecule has 5 heteroatoms. The largest absolute Gasteiger partial charge is 0.477 e. The summed E-state index contributed by atoms with van der Waals surface area (Å²) in [6.07, 6.45) is 1.43. The van der Waals surface area contributed by atoms with Crippen LogP contribution in [-0.4, -0.2) is 17.0 Å². The van der Waals surface area contributed by atoms with Crippen molar-refractivity contribution in [1.82, 2.24) is 0 Å². The Balaban J connectivity index is 1.73. The molecule has 0 aliphatic heterocycles. The van der Waals surface area contributed by atoms with E-state index in [1.807, 2.05) is 24.3 Å². The van der Waals surface area contributed by atoms with Crippen molar-refractivity contribution in [1.29, 1.82) is 0 Å². The number of fused-ring (bicyclic) bond motifs is 1. The molecule has 0 fully saturated rings. The van der Waals surface area contributed by atoms with Gasteiger partial charge in [0, 0.05) is 5.92 Å². The summed E-state index contributed by atoms with van der Waals surface area (Å²) in [6, 6.07) is 9.65. The van der Waals surface area contributed by atoms with E-state index >= 15 is 0 Å². The average Bonchev–Trinajstić information content (AvgIpc) is 3.03. The molecule has 0 radical (unpaired) electrons. The van der Waals surface area contributed by atoms with Crippen LogP contribution in [0.3, 0.4) is 0 Å². The molecule has 1 aliphatic rings. The fourth-order valence-electron chi connectivity index (χ4n) is 2.55. The number of aromatic carboxylic acids is 1. The Bertz CT molecular complexity index is 652. The van der Waals surface area contributed by atoms with Gasteiger partial charge in [-0.05, 0) is 35.4 Å². The molecular formula is C15H13NO3S. The number of rotatable bonds is 3. The molecule has 1 amide bonds. The minimum absolute atomic E-state index is 0.109. The van der Waals surface area contributed by atoms with Crippen molar-refractivity contribution < 1.29 is 14.7 Å². The second-order valence-corrected chi connectivity index (χ2v) is 5.75. The normalized spacial score (nSPS) is 14.0. The van der Waals surface area contributed by atoms with Gasteiger partial charge in [0.2, 0.25) is 5.91 Å². The van der Waals surface area contributed by atoms with Gasteiger partial charge in [-0.3, -0.25) is 4.79 Å². The van der Waals surface area contributed by atoms with Gasteiger partial charge < -0.3 is 10.4 Å². The van der Waals surface area contributed by atoms with Gasteiger partial charge in [-0.25, -0.2) is 4.79 Å². The van der Waals surface area contributed by atoms with E-state index < -0.39 is 5.97 Å². The van der Waals surface area contributed by atoms with Crippen LogP contribution >= 0.6 is 11.3 Å².